The third-order valence-corrected chi connectivity index (χ3v) is 13.5. The van der Waals surface area contributed by atoms with Crippen LogP contribution in [0, 0.1) is 17.8 Å². The van der Waals surface area contributed by atoms with Gasteiger partial charge in [-0.25, -0.2) is 13.1 Å². The van der Waals surface area contributed by atoms with E-state index in [9.17, 15) is 18.3 Å². The van der Waals surface area contributed by atoms with Crippen molar-refractivity contribution < 1.29 is 23.1 Å². The number of ether oxygens (including phenoxy) is 1. The number of sulfonamides is 1. The van der Waals surface area contributed by atoms with Crippen molar-refractivity contribution in [2.75, 3.05) is 24.6 Å². The number of hydrogen-bond donors (Lipinski definition) is 2. The molecule has 1 spiro atoms. The number of benzene rings is 2. The number of unbranched alkanes of at least 4 members (excludes halogenated alkanes) is 2. The van der Waals surface area contributed by atoms with E-state index in [0.29, 0.717) is 31.0 Å². The van der Waals surface area contributed by atoms with Gasteiger partial charge in [0.05, 0.1) is 23.6 Å². The van der Waals surface area contributed by atoms with Crippen molar-refractivity contribution in [2.45, 2.75) is 122 Å². The number of aliphatic hydroxyl groups is 1. The molecule has 49 heavy (non-hydrogen) atoms. The molecule has 7 nitrogen and oxygen atoms in total. The first-order valence-corrected chi connectivity index (χ1v) is 20.7. The highest BCUT2D eigenvalue weighted by atomic mass is 35.5. The number of fused-ring (bicyclic) bond motifs is 3. The second-order valence-corrected chi connectivity index (χ2v) is 17.3. The van der Waals surface area contributed by atoms with Crippen molar-refractivity contribution >= 4 is 33.2 Å². The monoisotopic (exact) mass is 712 g/mol. The Labute approximate surface area is 299 Å². The molecule has 2 aliphatic carbocycles. The largest absolute Gasteiger partial charge is 0.490 e. The number of aryl methyl sites for hydroxylation is 1. The van der Waals surface area contributed by atoms with Crippen LogP contribution in [0.1, 0.15) is 120 Å². The smallest absolute Gasteiger partial charge is 0.264 e. The average molecular weight is 713 g/mol. The van der Waals surface area contributed by atoms with Crippen LogP contribution in [0.2, 0.25) is 5.02 Å². The maximum Gasteiger partial charge on any atom is 0.264 e. The van der Waals surface area contributed by atoms with Crippen LogP contribution in [0.15, 0.2) is 48.6 Å². The Morgan fingerprint density at radius 2 is 1.94 bits per heavy atom. The molecule has 2 N–H and O–H groups in total. The van der Waals surface area contributed by atoms with Crippen LogP contribution in [0.4, 0.5) is 5.69 Å². The Hall–Kier alpha value is -2.55. The van der Waals surface area contributed by atoms with Gasteiger partial charge < -0.3 is 14.7 Å². The van der Waals surface area contributed by atoms with Crippen molar-refractivity contribution in [1.29, 1.82) is 0 Å². The summed E-state index contributed by atoms with van der Waals surface area (Å²) in [7, 11) is -3.89. The number of nitrogens with zero attached hydrogens (tertiary/aromatic N) is 1. The predicted octanol–water partition coefficient (Wildman–Crippen LogP) is 8.61. The summed E-state index contributed by atoms with van der Waals surface area (Å²) in [6.07, 6.45) is 15.0. The molecule has 1 fully saturated rings. The summed E-state index contributed by atoms with van der Waals surface area (Å²) in [6.45, 7) is 9.94. The number of anilines is 1. The Bertz CT molecular complexity index is 1580. The average Bonchev–Trinajstić information content (AvgIpc) is 3.21. The fourth-order valence-corrected chi connectivity index (χ4v) is 9.88. The molecule has 2 aromatic carbocycles. The van der Waals surface area contributed by atoms with Crippen molar-refractivity contribution in [3.63, 3.8) is 0 Å². The van der Waals surface area contributed by atoms with Gasteiger partial charge in [0, 0.05) is 29.1 Å². The van der Waals surface area contributed by atoms with E-state index in [0.717, 1.165) is 87.8 Å². The van der Waals surface area contributed by atoms with E-state index in [4.69, 9.17) is 16.3 Å². The second-order valence-electron chi connectivity index (χ2n) is 14.9. The van der Waals surface area contributed by atoms with Crippen molar-refractivity contribution in [2.24, 2.45) is 17.8 Å². The first kappa shape index (κ1) is 37.7. The summed E-state index contributed by atoms with van der Waals surface area (Å²) in [4.78, 5) is 16.0. The molecule has 1 amide bonds. The van der Waals surface area contributed by atoms with Gasteiger partial charge in [-0.05, 0) is 118 Å². The lowest BCUT2D eigenvalue weighted by Crippen LogP contribution is -2.49. The Balaban J connectivity index is 1.45. The second kappa shape index (κ2) is 16.6. The highest BCUT2D eigenvalue weighted by Gasteiger charge is 2.44. The number of nitrogens with one attached hydrogen (secondary N) is 1. The number of rotatable bonds is 15. The van der Waals surface area contributed by atoms with Gasteiger partial charge in [-0.1, -0.05) is 76.3 Å². The number of amides is 1. The van der Waals surface area contributed by atoms with Crippen LogP contribution in [0.3, 0.4) is 0 Å². The molecule has 2 aromatic rings. The first-order valence-electron chi connectivity index (χ1n) is 18.7. The van der Waals surface area contributed by atoms with Gasteiger partial charge in [-0.15, -0.1) is 0 Å². The Morgan fingerprint density at radius 1 is 1.12 bits per heavy atom. The van der Waals surface area contributed by atoms with Crippen molar-refractivity contribution in [1.82, 2.24) is 4.72 Å². The number of aliphatic hydroxyl groups excluding tert-OH is 1. The third kappa shape index (κ3) is 8.68. The minimum Gasteiger partial charge on any atom is -0.490 e. The molecular weight excluding hydrogens is 656 g/mol. The predicted molar refractivity (Wildman–Crippen MR) is 200 cm³/mol. The van der Waals surface area contributed by atoms with E-state index in [2.05, 4.69) is 48.6 Å². The van der Waals surface area contributed by atoms with Crippen LogP contribution >= 0.6 is 11.6 Å². The minimum absolute atomic E-state index is 0.00165. The molecule has 5 rings (SSSR count). The Kier molecular flexibility index (Phi) is 12.8. The molecule has 1 heterocycles. The van der Waals surface area contributed by atoms with Crippen molar-refractivity contribution in [3.8, 4) is 5.75 Å². The lowest BCUT2D eigenvalue weighted by atomic mass is 9.68. The van der Waals surface area contributed by atoms with E-state index < -0.39 is 27.3 Å². The van der Waals surface area contributed by atoms with E-state index >= 15 is 0 Å². The molecule has 0 saturated heterocycles. The minimum atomic E-state index is -3.89. The summed E-state index contributed by atoms with van der Waals surface area (Å²) in [5.41, 5.74) is 3.33. The van der Waals surface area contributed by atoms with E-state index in [-0.39, 0.29) is 23.2 Å². The quantitative estimate of drug-likeness (QED) is 0.180. The fourth-order valence-electron chi connectivity index (χ4n) is 8.34. The zero-order chi connectivity index (χ0) is 35.2. The third-order valence-electron chi connectivity index (χ3n) is 11.4. The summed E-state index contributed by atoms with van der Waals surface area (Å²) in [6, 6.07) is 11.5. The number of carbonyl (C=O) groups is 1. The zero-order valence-corrected chi connectivity index (χ0v) is 31.5. The van der Waals surface area contributed by atoms with Crippen LogP contribution in [0.5, 0.6) is 5.75 Å². The highest BCUT2D eigenvalue weighted by molar-refractivity contribution is 7.90. The van der Waals surface area contributed by atoms with Gasteiger partial charge in [-0.2, -0.15) is 0 Å². The van der Waals surface area contributed by atoms with Gasteiger partial charge in [0.25, 0.3) is 5.91 Å². The molecule has 0 unspecified atom stereocenters. The standard InChI is InChI=1S/C40H57ClN2O5S/c1-5-8-10-15-37(44)34-19-16-32(34)25-43-26-40(22-11-14-30-23-33(41)18-20-35(30)40)27-48-38-21-17-31(24-36(38)43)39(45)42-49(46,47)28(4)29(12-7-3)13-9-6-2/h10,15,17-18,20-21,23-24,28-29,32,34,37,44H,5-9,11-14,16,19,22,25-27H2,1-4H3,(H,42,45)/b15-10+/t28-,29+,32+,34-,37+,40+/m1/s1. The highest BCUT2D eigenvalue weighted by Crippen LogP contribution is 2.46. The molecule has 6 atom stereocenters. The topological polar surface area (TPSA) is 95.9 Å². The molecule has 9 heteroatoms. The van der Waals surface area contributed by atoms with E-state index in [1.807, 2.05) is 18.2 Å². The number of allylic oxidation sites excluding steroid dienone is 1. The number of carbonyl (C=O) groups excluding carboxylic acids is 1. The van der Waals surface area contributed by atoms with Crippen molar-refractivity contribution in [3.05, 3.63) is 70.3 Å². The van der Waals surface area contributed by atoms with Gasteiger partial charge >= 0.3 is 0 Å². The van der Waals surface area contributed by atoms with Crippen LogP contribution in [0.25, 0.3) is 0 Å². The molecule has 1 saturated carbocycles. The number of hydrogen-bond acceptors (Lipinski definition) is 6. The lowest BCUT2D eigenvalue weighted by molar-refractivity contribution is 0.0456. The first-order chi connectivity index (χ1) is 23.5. The molecular formula is C40H57ClN2O5S. The summed E-state index contributed by atoms with van der Waals surface area (Å²) < 4.78 is 36.1. The molecule has 3 aliphatic rings. The Morgan fingerprint density at radius 3 is 2.65 bits per heavy atom. The summed E-state index contributed by atoms with van der Waals surface area (Å²) in [5.74, 6) is 0.506. The lowest BCUT2D eigenvalue weighted by Gasteiger charge is -2.45. The van der Waals surface area contributed by atoms with Crippen LogP contribution in [-0.4, -0.2) is 50.5 Å². The van der Waals surface area contributed by atoms with E-state index in [1.54, 1.807) is 19.1 Å². The normalized spacial score (nSPS) is 23.9. The molecule has 0 radical (unpaired) electrons. The summed E-state index contributed by atoms with van der Waals surface area (Å²) >= 11 is 6.44. The van der Waals surface area contributed by atoms with Gasteiger partial charge in [0.1, 0.15) is 5.75 Å². The van der Waals surface area contributed by atoms with E-state index in [1.165, 1.54) is 11.1 Å². The fraction of sp³-hybridized carbons (Fsp3) is 0.625. The molecule has 270 valence electrons. The maximum atomic E-state index is 13.7. The maximum absolute atomic E-state index is 13.7. The molecule has 0 bridgehead atoms. The summed E-state index contributed by atoms with van der Waals surface area (Å²) in [5, 5.41) is 11.1. The number of halogens is 1. The zero-order valence-electron chi connectivity index (χ0n) is 29.9. The van der Waals surface area contributed by atoms with Gasteiger partial charge in [-0.3, -0.25) is 4.79 Å². The van der Waals surface area contributed by atoms with Gasteiger partial charge in [0.15, 0.2) is 0 Å². The molecule has 1 aliphatic heterocycles. The molecule has 0 aromatic heterocycles. The van der Waals surface area contributed by atoms with Gasteiger partial charge in [0.2, 0.25) is 10.0 Å². The SMILES string of the molecule is CCC/C=C/[C@H](O)[C@@H]1CC[C@H]1CN1C[C@@]2(CCCc3cc(Cl)ccc32)COc2ccc(C(=O)NS(=O)(=O)[C@H](C)[C@@H](CCC)CCCC)cc21. The van der Waals surface area contributed by atoms with Crippen LogP contribution < -0.4 is 14.4 Å². The van der Waals surface area contributed by atoms with Crippen LogP contribution in [-0.2, 0) is 21.9 Å².